The molecule has 0 fully saturated rings. The minimum absolute atomic E-state index is 0.317. The summed E-state index contributed by atoms with van der Waals surface area (Å²) in [4.78, 5) is 10.3. The summed E-state index contributed by atoms with van der Waals surface area (Å²) >= 11 is 0. The van der Waals surface area contributed by atoms with Crippen LogP contribution in [0.5, 0.6) is 0 Å². The van der Waals surface area contributed by atoms with Crippen LogP contribution in [0.2, 0.25) is 0 Å². The van der Waals surface area contributed by atoms with E-state index in [1.165, 1.54) is 13.0 Å². The van der Waals surface area contributed by atoms with Crippen LogP contribution in [0.15, 0.2) is 24.5 Å². The van der Waals surface area contributed by atoms with Crippen LogP contribution in [-0.2, 0) is 9.53 Å². The van der Waals surface area contributed by atoms with Gasteiger partial charge in [-0.25, -0.2) is 0 Å². The van der Waals surface area contributed by atoms with Crippen LogP contribution in [0.25, 0.3) is 0 Å². The number of rotatable bonds is 2. The molecule has 0 aliphatic rings. The third kappa shape index (κ3) is 3.53. The van der Waals surface area contributed by atoms with E-state index in [-0.39, 0.29) is 5.97 Å². The van der Waals surface area contributed by atoms with Crippen molar-refractivity contribution < 1.29 is 9.53 Å². The lowest BCUT2D eigenvalue weighted by Gasteiger charge is -1.97. The summed E-state index contributed by atoms with van der Waals surface area (Å²) in [6, 6.07) is 0. The number of carbonyl (C=O) groups excluding carboxylic acids is 1. The molecule has 0 aromatic rings. The summed E-state index contributed by atoms with van der Waals surface area (Å²) in [6.07, 6.45) is 3.16. The minimum atomic E-state index is -0.317. The average Bonchev–Trinajstić information content (AvgIpc) is 1.82. The van der Waals surface area contributed by atoms with Gasteiger partial charge in [0.2, 0.25) is 0 Å². The highest BCUT2D eigenvalue weighted by Gasteiger charge is 1.92. The Morgan fingerprint density at radius 2 is 2.22 bits per heavy atom. The van der Waals surface area contributed by atoms with Crippen molar-refractivity contribution >= 4 is 5.97 Å². The number of allylic oxidation sites excluding steroid dienone is 2. The highest BCUT2D eigenvalue weighted by molar-refractivity contribution is 5.67. The molecule has 0 aromatic heterocycles. The third-order valence-electron chi connectivity index (χ3n) is 0.747. The van der Waals surface area contributed by atoms with E-state index in [1.54, 1.807) is 13.0 Å². The first-order chi connectivity index (χ1) is 4.20. The van der Waals surface area contributed by atoms with E-state index < -0.39 is 0 Å². The Balaban J connectivity index is 3.86. The van der Waals surface area contributed by atoms with Crippen LogP contribution in [0.1, 0.15) is 13.8 Å². The second kappa shape index (κ2) is 3.89. The third-order valence-corrected chi connectivity index (χ3v) is 0.747. The van der Waals surface area contributed by atoms with E-state index in [9.17, 15) is 4.79 Å². The molecule has 0 aliphatic carbocycles. The average molecular weight is 126 g/mol. The van der Waals surface area contributed by atoms with Crippen molar-refractivity contribution in [2.24, 2.45) is 0 Å². The standard InChI is InChI=1S/C7H10O2/c1-4-7(5-2)9-6(3)8/h4-5H,1H2,2-3H3. The van der Waals surface area contributed by atoms with Crippen molar-refractivity contribution in [3.63, 3.8) is 0 Å². The number of carbonyl (C=O) groups is 1. The molecular formula is C7H10O2. The Morgan fingerprint density at radius 3 is 2.33 bits per heavy atom. The predicted octanol–water partition coefficient (Wildman–Crippen LogP) is 1.64. The van der Waals surface area contributed by atoms with Gasteiger partial charge in [-0.05, 0) is 19.1 Å². The van der Waals surface area contributed by atoms with E-state index in [0.29, 0.717) is 5.76 Å². The molecule has 0 amide bonds. The fraction of sp³-hybridized carbons (Fsp3) is 0.286. The zero-order valence-corrected chi connectivity index (χ0v) is 5.68. The first kappa shape index (κ1) is 7.95. The summed E-state index contributed by atoms with van der Waals surface area (Å²) in [6.45, 7) is 6.57. The van der Waals surface area contributed by atoms with Gasteiger partial charge in [0.05, 0.1) is 0 Å². The first-order valence-corrected chi connectivity index (χ1v) is 2.68. The van der Waals surface area contributed by atoms with Crippen molar-refractivity contribution in [3.05, 3.63) is 24.5 Å². The second-order valence-electron chi connectivity index (χ2n) is 1.49. The fourth-order valence-electron chi connectivity index (χ4n) is 0.384. The van der Waals surface area contributed by atoms with Crippen molar-refractivity contribution in [2.45, 2.75) is 13.8 Å². The Hall–Kier alpha value is -1.05. The summed E-state index contributed by atoms with van der Waals surface area (Å²) in [5.74, 6) is 0.186. The summed E-state index contributed by atoms with van der Waals surface area (Å²) in [5.41, 5.74) is 0. The minimum Gasteiger partial charge on any atom is -0.427 e. The molecule has 0 aliphatic heterocycles. The largest absolute Gasteiger partial charge is 0.427 e. The lowest BCUT2D eigenvalue weighted by atomic mass is 10.4. The summed E-state index contributed by atoms with van der Waals surface area (Å²) < 4.78 is 4.65. The molecule has 0 aromatic carbocycles. The monoisotopic (exact) mass is 126 g/mol. The van der Waals surface area contributed by atoms with Gasteiger partial charge in [-0.2, -0.15) is 0 Å². The van der Waals surface area contributed by atoms with Crippen molar-refractivity contribution in [3.8, 4) is 0 Å². The van der Waals surface area contributed by atoms with Gasteiger partial charge in [0, 0.05) is 6.92 Å². The fourth-order valence-corrected chi connectivity index (χ4v) is 0.384. The van der Waals surface area contributed by atoms with Gasteiger partial charge in [-0.15, -0.1) is 0 Å². The number of hydrogen-bond donors (Lipinski definition) is 0. The quantitative estimate of drug-likeness (QED) is 0.319. The number of ether oxygens (including phenoxy) is 1. The van der Waals surface area contributed by atoms with Crippen molar-refractivity contribution in [2.75, 3.05) is 0 Å². The zero-order chi connectivity index (χ0) is 7.28. The SMILES string of the molecule is C=CC(=CC)OC(C)=O. The lowest BCUT2D eigenvalue weighted by Crippen LogP contribution is -1.95. The van der Waals surface area contributed by atoms with Crippen molar-refractivity contribution in [1.82, 2.24) is 0 Å². The van der Waals surface area contributed by atoms with E-state index in [4.69, 9.17) is 0 Å². The van der Waals surface area contributed by atoms with Crippen LogP contribution in [0.3, 0.4) is 0 Å². The van der Waals surface area contributed by atoms with Gasteiger partial charge in [-0.1, -0.05) is 6.58 Å². The van der Waals surface area contributed by atoms with E-state index in [0.717, 1.165) is 0 Å². The van der Waals surface area contributed by atoms with Gasteiger partial charge in [0.25, 0.3) is 0 Å². The Kier molecular flexibility index (Phi) is 3.44. The van der Waals surface area contributed by atoms with Crippen LogP contribution < -0.4 is 0 Å². The van der Waals surface area contributed by atoms with E-state index >= 15 is 0 Å². The molecule has 0 saturated heterocycles. The molecule has 0 heterocycles. The molecular weight excluding hydrogens is 116 g/mol. The molecule has 2 nitrogen and oxygen atoms in total. The molecule has 0 unspecified atom stereocenters. The molecule has 0 N–H and O–H groups in total. The molecule has 0 atom stereocenters. The molecule has 0 rings (SSSR count). The zero-order valence-electron chi connectivity index (χ0n) is 5.68. The predicted molar refractivity (Wildman–Crippen MR) is 35.7 cm³/mol. The number of hydrogen-bond acceptors (Lipinski definition) is 2. The van der Waals surface area contributed by atoms with Gasteiger partial charge < -0.3 is 4.74 Å². The van der Waals surface area contributed by atoms with Gasteiger partial charge >= 0.3 is 5.97 Å². The molecule has 0 radical (unpaired) electrons. The topological polar surface area (TPSA) is 26.3 Å². The normalized spacial score (nSPS) is 10.7. The van der Waals surface area contributed by atoms with Crippen LogP contribution in [0, 0.1) is 0 Å². The maximum atomic E-state index is 10.3. The van der Waals surface area contributed by atoms with Crippen LogP contribution >= 0.6 is 0 Å². The highest BCUT2D eigenvalue weighted by atomic mass is 16.5. The van der Waals surface area contributed by atoms with E-state index in [1.807, 2.05) is 0 Å². The molecule has 0 bridgehead atoms. The summed E-state index contributed by atoms with van der Waals surface area (Å²) in [7, 11) is 0. The van der Waals surface area contributed by atoms with Gasteiger partial charge in [0.15, 0.2) is 0 Å². The molecule has 50 valence electrons. The van der Waals surface area contributed by atoms with Gasteiger partial charge in [0.1, 0.15) is 5.76 Å². The van der Waals surface area contributed by atoms with Crippen LogP contribution in [-0.4, -0.2) is 5.97 Å². The molecule has 0 spiro atoms. The van der Waals surface area contributed by atoms with Crippen molar-refractivity contribution in [1.29, 1.82) is 0 Å². The Morgan fingerprint density at radius 1 is 1.67 bits per heavy atom. The lowest BCUT2D eigenvalue weighted by molar-refractivity contribution is -0.136. The molecule has 2 heteroatoms. The maximum Gasteiger partial charge on any atom is 0.308 e. The Labute approximate surface area is 54.8 Å². The second-order valence-corrected chi connectivity index (χ2v) is 1.49. The molecule has 9 heavy (non-hydrogen) atoms. The van der Waals surface area contributed by atoms with Crippen LogP contribution in [0.4, 0.5) is 0 Å². The maximum absolute atomic E-state index is 10.3. The molecule has 0 saturated carbocycles. The first-order valence-electron chi connectivity index (χ1n) is 2.68. The number of esters is 1. The van der Waals surface area contributed by atoms with Gasteiger partial charge in [-0.3, -0.25) is 4.79 Å². The summed E-state index contributed by atoms with van der Waals surface area (Å²) in [5, 5.41) is 0. The highest BCUT2D eigenvalue weighted by Crippen LogP contribution is 1.96. The Bertz CT molecular complexity index is 145. The smallest absolute Gasteiger partial charge is 0.308 e. The van der Waals surface area contributed by atoms with E-state index in [2.05, 4.69) is 11.3 Å².